The molecule has 0 amide bonds. The van der Waals surface area contributed by atoms with E-state index in [1.807, 2.05) is 36.3 Å². The van der Waals surface area contributed by atoms with E-state index >= 15 is 0 Å². The summed E-state index contributed by atoms with van der Waals surface area (Å²) in [6.07, 6.45) is 2.74. The van der Waals surface area contributed by atoms with E-state index in [9.17, 15) is 15.3 Å². The number of thioether (sulfide) groups is 1. The normalized spacial score (nSPS) is 26.8. The maximum absolute atomic E-state index is 10.4. The number of nitrogens with zero attached hydrogens (tertiary/aromatic N) is 6. The van der Waals surface area contributed by atoms with Gasteiger partial charge in [0.05, 0.1) is 12.9 Å². The van der Waals surface area contributed by atoms with Crippen molar-refractivity contribution in [3.63, 3.8) is 0 Å². The molecule has 2 fully saturated rings. The number of halogens is 1. The fourth-order valence-electron chi connectivity index (χ4n) is 4.11. The number of aliphatic hydroxyl groups is 3. The Hall–Kier alpha value is -2.06. The van der Waals surface area contributed by atoms with Crippen molar-refractivity contribution in [1.29, 1.82) is 0 Å². The molecule has 3 aromatic heterocycles. The van der Waals surface area contributed by atoms with E-state index in [-0.39, 0.29) is 5.28 Å². The van der Waals surface area contributed by atoms with Gasteiger partial charge in [-0.25, -0.2) is 9.99 Å². The maximum atomic E-state index is 10.4. The Morgan fingerprint density at radius 2 is 1.91 bits per heavy atom. The molecule has 5 heterocycles. The molecule has 0 unspecified atom stereocenters. The number of imidazole rings is 1. The summed E-state index contributed by atoms with van der Waals surface area (Å²) in [6, 6.07) is 4.05. The van der Waals surface area contributed by atoms with Gasteiger partial charge < -0.3 is 25.5 Å². The first-order valence-corrected chi connectivity index (χ1v) is 11.9. The Kier molecular flexibility index (Phi) is 6.65. The molecule has 5 rings (SSSR count). The molecule has 0 radical (unpaired) electrons. The fourth-order valence-corrected chi connectivity index (χ4v) is 5.38. The lowest BCUT2D eigenvalue weighted by Gasteiger charge is -2.32. The Labute approximate surface area is 198 Å². The number of aliphatic hydroxyl groups excluding tert-OH is 3. The van der Waals surface area contributed by atoms with Crippen LogP contribution in [0.15, 0.2) is 35.7 Å². The minimum atomic E-state index is -1.25. The summed E-state index contributed by atoms with van der Waals surface area (Å²) in [6.45, 7) is 1.22. The molecule has 2 aliphatic rings. The number of anilines is 1. The molecule has 13 heteroatoms. The van der Waals surface area contributed by atoms with Crippen LogP contribution >= 0.6 is 23.4 Å². The van der Waals surface area contributed by atoms with E-state index in [1.54, 1.807) is 0 Å². The summed E-state index contributed by atoms with van der Waals surface area (Å²) < 4.78 is 7.11. The van der Waals surface area contributed by atoms with Gasteiger partial charge in [0.15, 0.2) is 23.2 Å². The van der Waals surface area contributed by atoms with Crippen LogP contribution in [0.5, 0.6) is 0 Å². The third kappa shape index (κ3) is 4.64. The van der Waals surface area contributed by atoms with Gasteiger partial charge >= 0.3 is 0 Å². The highest BCUT2D eigenvalue weighted by Crippen LogP contribution is 2.34. The van der Waals surface area contributed by atoms with Crippen LogP contribution < -0.4 is 5.43 Å². The van der Waals surface area contributed by atoms with Crippen LogP contribution in [-0.2, 0) is 4.74 Å². The second-order valence-electron chi connectivity index (χ2n) is 7.99. The predicted octanol–water partition coefficient (Wildman–Crippen LogP) is 1.07. The number of pyridine rings is 1. The van der Waals surface area contributed by atoms with Crippen LogP contribution in [0.4, 0.5) is 5.82 Å². The van der Waals surface area contributed by atoms with Crippen molar-refractivity contribution in [3.05, 3.63) is 36.1 Å². The Morgan fingerprint density at radius 1 is 1.15 bits per heavy atom. The Bertz CT molecular complexity index is 1100. The number of hydrogen-bond donors (Lipinski definition) is 4. The van der Waals surface area contributed by atoms with Gasteiger partial charge in [-0.3, -0.25) is 9.55 Å². The molecule has 0 aromatic carbocycles. The summed E-state index contributed by atoms with van der Waals surface area (Å²) >= 11 is 8.05. The van der Waals surface area contributed by atoms with E-state index < -0.39 is 31.1 Å². The van der Waals surface area contributed by atoms with E-state index in [0.717, 1.165) is 25.9 Å². The first-order chi connectivity index (χ1) is 16.0. The van der Waals surface area contributed by atoms with E-state index in [1.165, 1.54) is 15.8 Å². The van der Waals surface area contributed by atoms with Crippen LogP contribution in [-0.4, -0.2) is 88.1 Å². The van der Waals surface area contributed by atoms with E-state index in [0.29, 0.717) is 22.2 Å². The first kappa shape index (κ1) is 22.7. The van der Waals surface area contributed by atoms with Crippen LogP contribution in [0.3, 0.4) is 0 Å². The van der Waals surface area contributed by atoms with Gasteiger partial charge in [-0.1, -0.05) is 0 Å². The molecule has 11 nitrogen and oxygen atoms in total. The molecule has 0 saturated carbocycles. The summed E-state index contributed by atoms with van der Waals surface area (Å²) in [5, 5.41) is 32.4. The van der Waals surface area contributed by atoms with Gasteiger partial charge in [0.25, 0.3) is 0 Å². The van der Waals surface area contributed by atoms with Crippen LogP contribution in [0.1, 0.15) is 19.1 Å². The Morgan fingerprint density at radius 3 is 2.61 bits per heavy atom. The summed E-state index contributed by atoms with van der Waals surface area (Å²) in [7, 11) is 0. The van der Waals surface area contributed by atoms with Crippen molar-refractivity contribution in [1.82, 2.24) is 29.5 Å². The number of rotatable bonds is 6. The Balaban J connectivity index is 1.30. The third-order valence-electron chi connectivity index (χ3n) is 5.84. The molecular formula is C20H24ClN7O4S. The number of hydrogen-bond acceptors (Lipinski definition) is 11. The van der Waals surface area contributed by atoms with Gasteiger partial charge in [-0.15, -0.1) is 11.8 Å². The van der Waals surface area contributed by atoms with Crippen molar-refractivity contribution in [3.8, 4) is 0 Å². The quantitative estimate of drug-likeness (QED) is 0.366. The van der Waals surface area contributed by atoms with Gasteiger partial charge in [0.1, 0.15) is 18.3 Å². The number of piperidine rings is 1. The van der Waals surface area contributed by atoms with E-state index in [2.05, 4.69) is 30.4 Å². The van der Waals surface area contributed by atoms with Gasteiger partial charge in [-0.2, -0.15) is 9.97 Å². The van der Waals surface area contributed by atoms with Crippen molar-refractivity contribution >= 4 is 40.3 Å². The largest absolute Gasteiger partial charge is 0.394 e. The standard InChI is InChI=1S/C20H24ClN7O4S/c21-20-24-17(26-27-7-3-12(4-8-27)33-11-1-5-22-6-2-11)14-18(25-20)28(10-23-14)19-16(31)15(30)13(9-29)32-19/h1-2,5-6,10,12-13,15-16,19,29-31H,3-4,7-9H2,(H,24,25,26)/t13-,15-,16-,19-/m1/s1. The molecule has 3 aromatic rings. The number of hydrazine groups is 1. The topological polar surface area (TPSA) is 142 Å². The molecule has 4 N–H and O–H groups in total. The summed E-state index contributed by atoms with van der Waals surface area (Å²) in [4.78, 5) is 18.2. The average Bonchev–Trinajstić information content (AvgIpc) is 3.36. The molecule has 0 spiro atoms. The van der Waals surface area contributed by atoms with Crippen LogP contribution in [0.25, 0.3) is 11.2 Å². The SMILES string of the molecule is OC[C@H]1O[C@@H](n2cnc3c(NN4CCC(Sc5ccncc5)CC4)nc(Cl)nc32)[C@H](O)[C@@H]1O. The van der Waals surface area contributed by atoms with Crippen LogP contribution in [0, 0.1) is 0 Å². The number of fused-ring (bicyclic) bond motifs is 1. The average molecular weight is 494 g/mol. The molecule has 0 bridgehead atoms. The highest BCUT2D eigenvalue weighted by molar-refractivity contribution is 8.00. The minimum absolute atomic E-state index is 0.0154. The van der Waals surface area contributed by atoms with Crippen molar-refractivity contribution in [2.24, 2.45) is 0 Å². The lowest BCUT2D eigenvalue weighted by atomic mass is 10.1. The number of ether oxygens (including phenoxy) is 1. The molecular weight excluding hydrogens is 470 g/mol. The van der Waals surface area contributed by atoms with Crippen LogP contribution in [0.2, 0.25) is 5.28 Å². The maximum Gasteiger partial charge on any atom is 0.226 e. The molecule has 2 saturated heterocycles. The number of nitrogens with one attached hydrogen (secondary N) is 1. The smallest absolute Gasteiger partial charge is 0.226 e. The lowest BCUT2D eigenvalue weighted by molar-refractivity contribution is -0.0511. The molecule has 176 valence electrons. The fraction of sp³-hybridized carbons (Fsp3) is 0.500. The summed E-state index contributed by atoms with van der Waals surface area (Å²) in [5.74, 6) is 0.454. The second-order valence-corrected chi connectivity index (χ2v) is 9.70. The van der Waals surface area contributed by atoms with Crippen molar-refractivity contribution in [2.75, 3.05) is 25.1 Å². The predicted molar refractivity (Wildman–Crippen MR) is 122 cm³/mol. The zero-order valence-electron chi connectivity index (χ0n) is 17.5. The van der Waals surface area contributed by atoms with Gasteiger partial charge in [0, 0.05) is 35.6 Å². The summed E-state index contributed by atoms with van der Waals surface area (Å²) in [5.41, 5.74) is 4.12. The minimum Gasteiger partial charge on any atom is -0.394 e. The monoisotopic (exact) mass is 493 g/mol. The second kappa shape index (κ2) is 9.66. The highest BCUT2D eigenvalue weighted by Gasteiger charge is 2.44. The van der Waals surface area contributed by atoms with Crippen molar-refractivity contribution < 1.29 is 20.1 Å². The number of aromatic nitrogens is 5. The van der Waals surface area contributed by atoms with Gasteiger partial charge in [0.2, 0.25) is 5.28 Å². The lowest BCUT2D eigenvalue weighted by Crippen LogP contribution is -2.39. The highest BCUT2D eigenvalue weighted by atomic mass is 35.5. The van der Waals surface area contributed by atoms with Crippen molar-refractivity contribution in [2.45, 2.75) is 47.5 Å². The zero-order valence-corrected chi connectivity index (χ0v) is 19.1. The molecule has 0 aliphatic carbocycles. The van der Waals surface area contributed by atoms with E-state index in [4.69, 9.17) is 16.3 Å². The molecule has 4 atom stereocenters. The molecule has 2 aliphatic heterocycles. The van der Waals surface area contributed by atoms with Gasteiger partial charge in [-0.05, 0) is 36.6 Å². The third-order valence-corrected chi connectivity index (χ3v) is 7.36. The first-order valence-electron chi connectivity index (χ1n) is 10.6. The molecule has 33 heavy (non-hydrogen) atoms. The zero-order chi connectivity index (χ0) is 22.9.